The van der Waals surface area contributed by atoms with Gasteiger partial charge < -0.3 is 5.32 Å². The number of hydrogen-bond donors (Lipinski definition) is 1. The lowest BCUT2D eigenvalue weighted by molar-refractivity contribution is 0.833. The zero-order valence-electron chi connectivity index (χ0n) is 29.8. The molecule has 3 nitrogen and oxygen atoms in total. The lowest BCUT2D eigenvalue weighted by atomic mass is 9.89. The van der Waals surface area contributed by atoms with E-state index in [0.717, 1.165) is 61.2 Å². The molecule has 55 heavy (non-hydrogen) atoms. The highest BCUT2D eigenvalue weighted by Gasteiger charge is 2.27. The molecule has 0 saturated carbocycles. The summed E-state index contributed by atoms with van der Waals surface area (Å²) in [6, 6.07) is 65.6. The van der Waals surface area contributed by atoms with Crippen molar-refractivity contribution in [2.24, 2.45) is 4.99 Å². The van der Waals surface area contributed by atoms with Gasteiger partial charge in [0.15, 0.2) is 0 Å². The zero-order valence-corrected chi connectivity index (χ0v) is 30.6. The molecule has 1 aliphatic heterocycles. The fourth-order valence-electron chi connectivity index (χ4n) is 8.28. The smallest absolute Gasteiger partial charge is 0.145 e. The Hall–Kier alpha value is -6.88. The number of aliphatic imine (C=N–C) groups is 1. The number of anilines is 1. The summed E-state index contributed by atoms with van der Waals surface area (Å²) in [5.74, 6) is 0. The van der Waals surface area contributed by atoms with Crippen LogP contribution in [0.5, 0.6) is 0 Å². The van der Waals surface area contributed by atoms with Crippen LogP contribution in [0.15, 0.2) is 193 Å². The number of para-hydroxylation sites is 1. The third-order valence-electron chi connectivity index (χ3n) is 10.9. The van der Waals surface area contributed by atoms with Gasteiger partial charge >= 0.3 is 0 Å². The Morgan fingerprint density at radius 1 is 0.455 bits per heavy atom. The quantitative estimate of drug-likeness (QED) is 0.180. The molecule has 1 aliphatic rings. The topological polar surface area (TPSA) is 37.3 Å². The highest BCUT2D eigenvalue weighted by molar-refractivity contribution is 7.22. The van der Waals surface area contributed by atoms with Crippen molar-refractivity contribution in [3.8, 4) is 33.4 Å². The SMILES string of the molecule is c1ccc(C2=NC(c3cc(-c4ccc(-c5cccc6cccnc56)cc4)cc(-c4cc5ccccc5c5ccccc45)c3)Nc3c2sc2ccccc32)cc1. The fraction of sp³-hybridized carbons (Fsp3) is 0.0196. The summed E-state index contributed by atoms with van der Waals surface area (Å²) in [7, 11) is 0. The molecular formula is C51H33N3S. The molecule has 0 fully saturated rings. The second kappa shape index (κ2) is 12.9. The van der Waals surface area contributed by atoms with Crippen LogP contribution in [0, 0.1) is 0 Å². The van der Waals surface area contributed by atoms with E-state index in [1.54, 1.807) is 11.3 Å². The molecule has 0 saturated heterocycles. The van der Waals surface area contributed by atoms with Crippen LogP contribution >= 0.6 is 11.3 Å². The van der Waals surface area contributed by atoms with Crippen LogP contribution in [0.4, 0.5) is 5.69 Å². The molecule has 0 amide bonds. The molecule has 4 heteroatoms. The van der Waals surface area contributed by atoms with Crippen molar-refractivity contribution in [1.82, 2.24) is 4.98 Å². The van der Waals surface area contributed by atoms with Crippen LogP contribution in [0.25, 0.3) is 75.9 Å². The van der Waals surface area contributed by atoms with Crippen molar-refractivity contribution in [1.29, 1.82) is 0 Å². The second-order valence-corrected chi connectivity index (χ2v) is 15.2. The lowest BCUT2D eigenvalue weighted by Gasteiger charge is -2.25. The Morgan fingerprint density at radius 3 is 2.02 bits per heavy atom. The summed E-state index contributed by atoms with van der Waals surface area (Å²) in [6.07, 6.45) is 1.57. The highest BCUT2D eigenvalue weighted by atomic mass is 32.1. The third-order valence-corrected chi connectivity index (χ3v) is 12.1. The molecule has 1 unspecified atom stereocenters. The first kappa shape index (κ1) is 31.6. The number of pyridine rings is 1. The van der Waals surface area contributed by atoms with E-state index in [1.165, 1.54) is 42.1 Å². The Labute approximate surface area is 322 Å². The summed E-state index contributed by atoms with van der Waals surface area (Å²) in [5, 5.41) is 11.3. The van der Waals surface area contributed by atoms with Gasteiger partial charge in [0, 0.05) is 32.8 Å². The van der Waals surface area contributed by atoms with Crippen LogP contribution in [-0.4, -0.2) is 10.7 Å². The van der Waals surface area contributed by atoms with E-state index < -0.39 is 0 Å². The molecule has 2 aromatic heterocycles. The van der Waals surface area contributed by atoms with Gasteiger partial charge in [-0.05, 0) is 91.3 Å². The predicted molar refractivity (Wildman–Crippen MR) is 233 cm³/mol. The van der Waals surface area contributed by atoms with Crippen molar-refractivity contribution in [3.63, 3.8) is 0 Å². The van der Waals surface area contributed by atoms with Crippen LogP contribution in [0.2, 0.25) is 0 Å². The zero-order chi connectivity index (χ0) is 36.3. The van der Waals surface area contributed by atoms with Gasteiger partial charge in [-0.2, -0.15) is 0 Å². The minimum atomic E-state index is -0.299. The number of benzene rings is 8. The van der Waals surface area contributed by atoms with Gasteiger partial charge in [-0.25, -0.2) is 0 Å². The minimum absolute atomic E-state index is 0.299. The van der Waals surface area contributed by atoms with E-state index in [4.69, 9.17) is 9.98 Å². The van der Waals surface area contributed by atoms with Gasteiger partial charge in [0.2, 0.25) is 0 Å². The molecule has 258 valence electrons. The first-order valence-corrected chi connectivity index (χ1v) is 19.5. The van der Waals surface area contributed by atoms with Gasteiger partial charge in [-0.1, -0.05) is 146 Å². The monoisotopic (exact) mass is 719 g/mol. The van der Waals surface area contributed by atoms with Gasteiger partial charge in [0.25, 0.3) is 0 Å². The largest absolute Gasteiger partial charge is 0.358 e. The van der Waals surface area contributed by atoms with Gasteiger partial charge in [0.05, 0.1) is 21.8 Å². The third kappa shape index (κ3) is 5.41. The number of aromatic nitrogens is 1. The molecule has 11 rings (SSSR count). The Bertz CT molecular complexity index is 3120. The number of hydrogen-bond acceptors (Lipinski definition) is 4. The summed E-state index contributed by atoms with van der Waals surface area (Å²) in [5.41, 5.74) is 12.4. The van der Waals surface area contributed by atoms with Gasteiger partial charge in [-0.3, -0.25) is 9.98 Å². The normalized spacial score (nSPS) is 13.9. The van der Waals surface area contributed by atoms with Crippen LogP contribution in [0.1, 0.15) is 22.2 Å². The predicted octanol–water partition coefficient (Wildman–Crippen LogP) is 13.7. The number of rotatable bonds is 5. The Kier molecular flexibility index (Phi) is 7.42. The van der Waals surface area contributed by atoms with Crippen molar-refractivity contribution < 1.29 is 0 Å². The Balaban J connectivity index is 1.12. The van der Waals surface area contributed by atoms with E-state index in [9.17, 15) is 0 Å². The number of thiophene rings is 1. The summed E-state index contributed by atoms with van der Waals surface area (Å²) < 4.78 is 1.25. The molecule has 8 aromatic carbocycles. The average Bonchev–Trinajstić information content (AvgIpc) is 3.64. The summed E-state index contributed by atoms with van der Waals surface area (Å²) in [4.78, 5) is 11.4. The summed E-state index contributed by atoms with van der Waals surface area (Å²) in [6.45, 7) is 0. The maximum absolute atomic E-state index is 5.53. The van der Waals surface area contributed by atoms with Crippen LogP contribution in [0.3, 0.4) is 0 Å². The second-order valence-electron chi connectivity index (χ2n) is 14.2. The van der Waals surface area contributed by atoms with Gasteiger partial charge in [0.1, 0.15) is 6.17 Å². The molecule has 0 spiro atoms. The first-order valence-electron chi connectivity index (χ1n) is 18.7. The van der Waals surface area contributed by atoms with Crippen molar-refractivity contribution in [2.45, 2.75) is 6.17 Å². The highest BCUT2D eigenvalue weighted by Crippen LogP contribution is 2.45. The van der Waals surface area contributed by atoms with Crippen molar-refractivity contribution in [2.75, 3.05) is 5.32 Å². The van der Waals surface area contributed by atoms with Crippen molar-refractivity contribution >= 4 is 65.3 Å². The van der Waals surface area contributed by atoms with Crippen LogP contribution in [-0.2, 0) is 0 Å². The van der Waals surface area contributed by atoms with E-state index >= 15 is 0 Å². The lowest BCUT2D eigenvalue weighted by Crippen LogP contribution is -2.19. The first-order chi connectivity index (χ1) is 27.2. The standard InChI is InChI=1S/C51H33N3S/c1-2-12-35(13-3-1)48-50-49(44-20-8-9-22-46(44)55-50)54-51(53-48)39-29-37(32-23-25-33(26-24-32)41-21-10-15-34-16-11-27-52-47(34)41)28-38(30-39)45-31-36-14-4-5-17-40(36)42-18-6-7-19-43(42)45/h1-31,51,54H. The van der Waals surface area contributed by atoms with Gasteiger partial charge in [-0.15, -0.1) is 11.3 Å². The molecule has 0 bridgehead atoms. The molecular weight excluding hydrogens is 687 g/mol. The van der Waals surface area contributed by atoms with E-state index in [-0.39, 0.29) is 6.17 Å². The van der Waals surface area contributed by atoms with Crippen LogP contribution < -0.4 is 5.32 Å². The maximum Gasteiger partial charge on any atom is 0.145 e. The molecule has 0 radical (unpaired) electrons. The minimum Gasteiger partial charge on any atom is -0.358 e. The van der Waals surface area contributed by atoms with Crippen molar-refractivity contribution in [3.05, 3.63) is 204 Å². The fourth-order valence-corrected chi connectivity index (χ4v) is 9.46. The summed E-state index contributed by atoms with van der Waals surface area (Å²) >= 11 is 1.80. The number of nitrogens with zero attached hydrogens (tertiary/aromatic N) is 2. The number of fused-ring (bicyclic) bond motifs is 7. The molecule has 10 aromatic rings. The molecule has 3 heterocycles. The number of nitrogens with one attached hydrogen (secondary N) is 1. The maximum atomic E-state index is 5.53. The molecule has 0 aliphatic carbocycles. The Morgan fingerprint density at radius 2 is 1.15 bits per heavy atom. The van der Waals surface area contributed by atoms with E-state index in [1.807, 2.05) is 12.3 Å². The molecule has 1 N–H and O–H groups in total. The molecule has 1 atom stereocenters. The average molecular weight is 720 g/mol. The van der Waals surface area contributed by atoms with E-state index in [2.05, 4.69) is 181 Å². The van der Waals surface area contributed by atoms with E-state index in [0.29, 0.717) is 0 Å².